The van der Waals surface area contributed by atoms with Gasteiger partial charge >= 0.3 is 12.0 Å². The second kappa shape index (κ2) is 9.02. The molecule has 1 aliphatic heterocycles. The monoisotopic (exact) mass is 377 g/mol. The van der Waals surface area contributed by atoms with Crippen LogP contribution in [0.3, 0.4) is 0 Å². The van der Waals surface area contributed by atoms with Gasteiger partial charge in [-0.3, -0.25) is 14.5 Å². The molecule has 0 aromatic heterocycles. The van der Waals surface area contributed by atoms with Gasteiger partial charge in [0.1, 0.15) is 11.8 Å². The van der Waals surface area contributed by atoms with Crippen LogP contribution in [-0.2, 0) is 14.3 Å². The first-order chi connectivity index (χ1) is 12.8. The van der Waals surface area contributed by atoms with Crippen molar-refractivity contribution in [3.63, 3.8) is 0 Å². The lowest BCUT2D eigenvalue weighted by Crippen LogP contribution is -2.46. The maximum Gasteiger partial charge on any atom is 0.329 e. The molecule has 1 aliphatic rings. The van der Waals surface area contributed by atoms with Crippen LogP contribution in [-0.4, -0.2) is 61.6 Å². The van der Waals surface area contributed by atoms with Crippen molar-refractivity contribution in [2.45, 2.75) is 19.9 Å². The number of nitrogens with zero attached hydrogens (tertiary/aromatic N) is 1. The van der Waals surface area contributed by atoms with Crippen molar-refractivity contribution in [3.8, 4) is 5.75 Å². The molecule has 9 heteroatoms. The molecule has 1 saturated heterocycles. The smallest absolute Gasteiger partial charge is 0.329 e. The number of ether oxygens (including phenoxy) is 2. The summed E-state index contributed by atoms with van der Waals surface area (Å²) in [5.41, 5.74) is 0.281. The Labute approximate surface area is 157 Å². The van der Waals surface area contributed by atoms with Gasteiger partial charge in [-0.25, -0.2) is 9.59 Å². The zero-order valence-corrected chi connectivity index (χ0v) is 15.5. The summed E-state index contributed by atoms with van der Waals surface area (Å²) in [5.74, 6) is -1.76. The van der Waals surface area contributed by atoms with E-state index in [0.29, 0.717) is 12.3 Å². The fourth-order valence-electron chi connectivity index (χ4n) is 2.56. The van der Waals surface area contributed by atoms with Crippen LogP contribution in [0.25, 0.3) is 0 Å². The van der Waals surface area contributed by atoms with Crippen molar-refractivity contribution in [2.75, 3.05) is 26.8 Å². The van der Waals surface area contributed by atoms with E-state index in [4.69, 9.17) is 9.47 Å². The summed E-state index contributed by atoms with van der Waals surface area (Å²) in [6.07, 6.45) is 0. The van der Waals surface area contributed by atoms with Crippen LogP contribution in [0.2, 0.25) is 0 Å². The van der Waals surface area contributed by atoms with Gasteiger partial charge in [-0.05, 0) is 18.1 Å². The molecule has 0 bridgehead atoms. The molecule has 4 amide bonds. The van der Waals surface area contributed by atoms with Gasteiger partial charge in [-0.15, -0.1) is 0 Å². The average molecular weight is 377 g/mol. The summed E-state index contributed by atoms with van der Waals surface area (Å²) in [6.45, 7) is 3.50. The zero-order chi connectivity index (χ0) is 20.0. The molecule has 27 heavy (non-hydrogen) atoms. The van der Waals surface area contributed by atoms with Crippen LogP contribution in [0.1, 0.15) is 24.2 Å². The minimum Gasteiger partial charge on any atom is -0.496 e. The lowest BCUT2D eigenvalue weighted by Gasteiger charge is -2.21. The van der Waals surface area contributed by atoms with Crippen LogP contribution in [0, 0.1) is 5.92 Å². The van der Waals surface area contributed by atoms with Crippen molar-refractivity contribution < 1.29 is 28.7 Å². The van der Waals surface area contributed by atoms with Gasteiger partial charge in [0, 0.05) is 13.1 Å². The molecule has 0 saturated carbocycles. The lowest BCUT2D eigenvalue weighted by molar-refractivity contribution is -0.153. The molecule has 1 fully saturated rings. The Balaban J connectivity index is 1.99. The predicted octanol–water partition coefficient (Wildman–Crippen LogP) is 0.545. The van der Waals surface area contributed by atoms with Crippen molar-refractivity contribution >= 4 is 23.8 Å². The van der Waals surface area contributed by atoms with E-state index in [1.165, 1.54) is 7.11 Å². The summed E-state index contributed by atoms with van der Waals surface area (Å²) >= 11 is 0. The number of urea groups is 1. The van der Waals surface area contributed by atoms with Gasteiger partial charge in [0.2, 0.25) is 0 Å². The SMILES string of the molecule is COc1ccccc1C(=O)N[C@H](C(=O)OCC(=O)N1CCNC1=O)C(C)C. The Hall–Kier alpha value is -3.10. The van der Waals surface area contributed by atoms with E-state index in [9.17, 15) is 19.2 Å². The molecule has 1 atom stereocenters. The first-order valence-electron chi connectivity index (χ1n) is 8.53. The van der Waals surface area contributed by atoms with E-state index in [1.54, 1.807) is 38.1 Å². The van der Waals surface area contributed by atoms with Crippen LogP contribution >= 0.6 is 0 Å². The van der Waals surface area contributed by atoms with Gasteiger partial charge < -0.3 is 20.1 Å². The van der Waals surface area contributed by atoms with Gasteiger partial charge in [0.15, 0.2) is 6.61 Å². The number of benzene rings is 1. The molecule has 1 heterocycles. The minimum atomic E-state index is -0.956. The van der Waals surface area contributed by atoms with Gasteiger partial charge in [0.25, 0.3) is 11.8 Å². The highest BCUT2D eigenvalue weighted by Crippen LogP contribution is 2.18. The molecule has 0 unspecified atom stereocenters. The third-order valence-electron chi connectivity index (χ3n) is 4.05. The first kappa shape index (κ1) is 20.2. The van der Waals surface area contributed by atoms with E-state index >= 15 is 0 Å². The van der Waals surface area contributed by atoms with Crippen molar-refractivity contribution in [2.24, 2.45) is 5.92 Å². The third kappa shape index (κ3) is 4.96. The Kier molecular flexibility index (Phi) is 6.75. The molecule has 9 nitrogen and oxygen atoms in total. The number of amides is 4. The number of carbonyl (C=O) groups excluding carboxylic acids is 4. The molecule has 2 N–H and O–H groups in total. The number of nitrogens with one attached hydrogen (secondary N) is 2. The van der Waals surface area contributed by atoms with Gasteiger partial charge in [0.05, 0.1) is 12.7 Å². The largest absolute Gasteiger partial charge is 0.496 e. The summed E-state index contributed by atoms with van der Waals surface area (Å²) < 4.78 is 10.2. The highest BCUT2D eigenvalue weighted by Gasteiger charge is 2.30. The first-order valence-corrected chi connectivity index (χ1v) is 8.53. The molecule has 0 aliphatic carbocycles. The number of carbonyl (C=O) groups is 4. The van der Waals surface area contributed by atoms with E-state index < -0.39 is 36.5 Å². The Morgan fingerprint density at radius 2 is 1.96 bits per heavy atom. The number of esters is 1. The fraction of sp³-hybridized carbons (Fsp3) is 0.444. The van der Waals surface area contributed by atoms with E-state index in [1.807, 2.05) is 0 Å². The highest BCUT2D eigenvalue weighted by molar-refractivity contribution is 6.00. The molecule has 1 aromatic rings. The molecule has 0 radical (unpaired) electrons. The van der Waals surface area contributed by atoms with Crippen LogP contribution < -0.4 is 15.4 Å². The molecule has 146 valence electrons. The quantitative estimate of drug-likeness (QED) is 0.671. The van der Waals surface area contributed by atoms with Crippen LogP contribution in [0.5, 0.6) is 5.75 Å². The van der Waals surface area contributed by atoms with E-state index in [-0.39, 0.29) is 18.0 Å². The summed E-state index contributed by atoms with van der Waals surface area (Å²) in [5, 5.41) is 5.10. The maximum atomic E-state index is 12.5. The standard InChI is InChI=1S/C18H23N3O6/c1-11(2)15(20-16(23)12-6-4-5-7-13(12)26-3)17(24)27-10-14(22)21-9-8-19-18(21)25/h4-7,11,15H,8-10H2,1-3H3,(H,19,25)(H,20,23)/t15-/m0/s1. The third-order valence-corrected chi connectivity index (χ3v) is 4.05. The van der Waals surface area contributed by atoms with Crippen molar-refractivity contribution in [3.05, 3.63) is 29.8 Å². The molecule has 1 aromatic carbocycles. The number of hydrogen-bond acceptors (Lipinski definition) is 6. The number of para-hydroxylation sites is 1. The number of hydrogen-bond donors (Lipinski definition) is 2. The van der Waals surface area contributed by atoms with E-state index in [0.717, 1.165) is 4.90 Å². The van der Waals surface area contributed by atoms with Crippen LogP contribution in [0.4, 0.5) is 4.79 Å². The molecule has 0 spiro atoms. The van der Waals surface area contributed by atoms with Crippen molar-refractivity contribution in [1.82, 2.24) is 15.5 Å². The predicted molar refractivity (Wildman–Crippen MR) is 95.2 cm³/mol. The number of rotatable bonds is 7. The van der Waals surface area contributed by atoms with Gasteiger partial charge in [-0.2, -0.15) is 0 Å². The average Bonchev–Trinajstić information content (AvgIpc) is 3.09. The Bertz CT molecular complexity index is 734. The summed E-state index contributed by atoms with van der Waals surface area (Å²) in [7, 11) is 1.44. The normalized spacial score (nSPS) is 14.5. The molecular formula is C18H23N3O6. The minimum absolute atomic E-state index is 0.230. The van der Waals surface area contributed by atoms with Crippen LogP contribution in [0.15, 0.2) is 24.3 Å². The highest BCUT2D eigenvalue weighted by atomic mass is 16.5. The second-order valence-corrected chi connectivity index (χ2v) is 6.28. The topological polar surface area (TPSA) is 114 Å². The maximum absolute atomic E-state index is 12.5. The van der Waals surface area contributed by atoms with E-state index in [2.05, 4.69) is 10.6 Å². The fourth-order valence-corrected chi connectivity index (χ4v) is 2.56. The van der Waals surface area contributed by atoms with Gasteiger partial charge in [-0.1, -0.05) is 26.0 Å². The lowest BCUT2D eigenvalue weighted by atomic mass is 10.0. The van der Waals surface area contributed by atoms with Crippen molar-refractivity contribution in [1.29, 1.82) is 0 Å². The number of methoxy groups -OCH3 is 1. The molecule has 2 rings (SSSR count). The zero-order valence-electron chi connectivity index (χ0n) is 15.5. The summed E-state index contributed by atoms with van der Waals surface area (Å²) in [6, 6.07) is 5.15. The Morgan fingerprint density at radius 1 is 1.26 bits per heavy atom. The Morgan fingerprint density at radius 3 is 2.56 bits per heavy atom. The number of imide groups is 1. The summed E-state index contributed by atoms with van der Waals surface area (Å²) in [4.78, 5) is 49.3. The molecular weight excluding hydrogens is 354 g/mol. The second-order valence-electron chi connectivity index (χ2n) is 6.28.